The van der Waals surface area contributed by atoms with Crippen molar-refractivity contribution in [2.75, 3.05) is 0 Å². The number of furan rings is 1. The van der Waals surface area contributed by atoms with Crippen LogP contribution in [0.1, 0.15) is 11.1 Å². The first-order chi connectivity index (χ1) is 7.36. The molecule has 0 aliphatic heterocycles. The summed E-state index contributed by atoms with van der Waals surface area (Å²) in [6, 6.07) is 5.76. The second-order valence-corrected chi connectivity index (χ2v) is 3.55. The van der Waals surface area contributed by atoms with Gasteiger partial charge in [-0.25, -0.2) is 4.98 Å². The molecule has 1 N–H and O–H groups in total. The molecule has 0 bridgehead atoms. The lowest BCUT2D eigenvalue weighted by molar-refractivity contribution is 0.560. The zero-order valence-corrected chi connectivity index (χ0v) is 8.87. The number of nitrogens with zero attached hydrogens (tertiary/aromatic N) is 1. The smallest absolute Gasteiger partial charge is 0.133 e. The van der Waals surface area contributed by atoms with Crippen LogP contribution in [0.3, 0.4) is 0 Å². The van der Waals surface area contributed by atoms with Crippen molar-refractivity contribution in [3.8, 4) is 0 Å². The third-order valence-corrected chi connectivity index (χ3v) is 2.40. The molecule has 2 rings (SSSR count). The van der Waals surface area contributed by atoms with E-state index in [2.05, 4.69) is 10.3 Å². The molecule has 4 heteroatoms. The average molecular weight is 223 g/mol. The summed E-state index contributed by atoms with van der Waals surface area (Å²) < 4.78 is 4.96. The minimum atomic E-state index is 0.553. The molecular weight excluding hydrogens is 212 g/mol. The molecule has 0 unspecified atom stereocenters. The maximum absolute atomic E-state index is 5.92. The summed E-state index contributed by atoms with van der Waals surface area (Å²) >= 11 is 5.92. The molecular formula is C11H11ClN2O. The van der Waals surface area contributed by atoms with E-state index in [4.69, 9.17) is 16.0 Å². The van der Waals surface area contributed by atoms with E-state index in [1.807, 2.05) is 18.2 Å². The maximum atomic E-state index is 5.92. The number of halogens is 1. The molecule has 0 aliphatic carbocycles. The lowest BCUT2D eigenvalue weighted by Gasteiger charge is -2.04. The highest BCUT2D eigenvalue weighted by molar-refractivity contribution is 6.30. The van der Waals surface area contributed by atoms with Gasteiger partial charge in [-0.3, -0.25) is 0 Å². The van der Waals surface area contributed by atoms with E-state index in [0.717, 1.165) is 17.7 Å². The highest BCUT2D eigenvalue weighted by Crippen LogP contribution is 2.11. The third-order valence-electron chi connectivity index (χ3n) is 2.06. The molecule has 0 atom stereocenters. The van der Waals surface area contributed by atoms with Crippen molar-refractivity contribution in [2.24, 2.45) is 0 Å². The van der Waals surface area contributed by atoms with Gasteiger partial charge in [0, 0.05) is 30.4 Å². The SMILES string of the molecule is Clc1ncccc1CNCc1ccoc1. The molecule has 2 aromatic rings. The molecule has 2 aromatic heterocycles. The zero-order valence-electron chi connectivity index (χ0n) is 8.11. The fourth-order valence-electron chi connectivity index (χ4n) is 1.29. The summed E-state index contributed by atoms with van der Waals surface area (Å²) in [6.45, 7) is 1.47. The van der Waals surface area contributed by atoms with Gasteiger partial charge in [-0.2, -0.15) is 0 Å². The Hall–Kier alpha value is -1.32. The molecule has 78 valence electrons. The summed E-state index contributed by atoms with van der Waals surface area (Å²) in [5.74, 6) is 0. The fourth-order valence-corrected chi connectivity index (χ4v) is 1.47. The zero-order chi connectivity index (χ0) is 10.5. The summed E-state index contributed by atoms with van der Waals surface area (Å²) in [6.07, 6.45) is 5.06. The van der Waals surface area contributed by atoms with Gasteiger partial charge < -0.3 is 9.73 Å². The number of hydrogen-bond donors (Lipinski definition) is 1. The molecule has 0 fully saturated rings. The Morgan fingerprint density at radius 1 is 1.33 bits per heavy atom. The Bertz CT molecular complexity index is 414. The van der Waals surface area contributed by atoms with E-state index in [1.54, 1.807) is 18.7 Å². The standard InChI is InChI=1S/C11H11ClN2O/c12-11-10(2-1-4-14-11)7-13-6-9-3-5-15-8-9/h1-5,8,13H,6-7H2. The van der Waals surface area contributed by atoms with Crippen molar-refractivity contribution < 1.29 is 4.42 Å². The van der Waals surface area contributed by atoms with Crippen molar-refractivity contribution in [3.63, 3.8) is 0 Å². The van der Waals surface area contributed by atoms with E-state index in [1.165, 1.54) is 0 Å². The van der Waals surface area contributed by atoms with Gasteiger partial charge in [0.05, 0.1) is 12.5 Å². The van der Waals surface area contributed by atoms with E-state index in [0.29, 0.717) is 11.7 Å². The van der Waals surface area contributed by atoms with Gasteiger partial charge in [-0.1, -0.05) is 17.7 Å². The monoisotopic (exact) mass is 222 g/mol. The second kappa shape index (κ2) is 4.96. The Morgan fingerprint density at radius 3 is 3.00 bits per heavy atom. The highest BCUT2D eigenvalue weighted by atomic mass is 35.5. The van der Waals surface area contributed by atoms with Crippen LogP contribution >= 0.6 is 11.6 Å². The predicted molar refractivity (Wildman–Crippen MR) is 58.5 cm³/mol. The maximum Gasteiger partial charge on any atom is 0.133 e. The summed E-state index contributed by atoms with van der Waals surface area (Å²) in [5, 5.41) is 3.81. The quantitative estimate of drug-likeness (QED) is 0.809. The lowest BCUT2D eigenvalue weighted by atomic mass is 10.2. The van der Waals surface area contributed by atoms with Gasteiger partial charge in [0.2, 0.25) is 0 Å². The molecule has 0 saturated carbocycles. The lowest BCUT2D eigenvalue weighted by Crippen LogP contribution is -2.12. The minimum Gasteiger partial charge on any atom is -0.472 e. The molecule has 0 aromatic carbocycles. The molecule has 0 amide bonds. The van der Waals surface area contributed by atoms with Crippen LogP contribution in [0.15, 0.2) is 41.3 Å². The molecule has 15 heavy (non-hydrogen) atoms. The Morgan fingerprint density at radius 2 is 2.27 bits per heavy atom. The first-order valence-corrected chi connectivity index (χ1v) is 5.05. The molecule has 0 aliphatic rings. The van der Waals surface area contributed by atoms with Crippen LogP contribution < -0.4 is 5.32 Å². The van der Waals surface area contributed by atoms with Crippen LogP contribution in [0.2, 0.25) is 5.15 Å². The van der Waals surface area contributed by atoms with E-state index in [-0.39, 0.29) is 0 Å². The van der Waals surface area contributed by atoms with Gasteiger partial charge in [0.25, 0.3) is 0 Å². The normalized spacial score (nSPS) is 10.5. The average Bonchev–Trinajstić information content (AvgIpc) is 2.74. The molecule has 0 spiro atoms. The number of rotatable bonds is 4. The fraction of sp³-hybridized carbons (Fsp3) is 0.182. The van der Waals surface area contributed by atoms with Gasteiger partial charge in [0.15, 0.2) is 0 Å². The largest absolute Gasteiger partial charge is 0.472 e. The number of nitrogens with one attached hydrogen (secondary N) is 1. The van der Waals surface area contributed by atoms with Crippen LogP contribution in [0.4, 0.5) is 0 Å². The van der Waals surface area contributed by atoms with Crippen LogP contribution in [0, 0.1) is 0 Å². The molecule has 3 nitrogen and oxygen atoms in total. The Labute approximate surface area is 93.1 Å². The van der Waals surface area contributed by atoms with E-state index in [9.17, 15) is 0 Å². The summed E-state index contributed by atoms with van der Waals surface area (Å²) in [5.41, 5.74) is 2.12. The van der Waals surface area contributed by atoms with Gasteiger partial charge >= 0.3 is 0 Å². The van der Waals surface area contributed by atoms with Crippen LogP contribution in [-0.2, 0) is 13.1 Å². The van der Waals surface area contributed by atoms with Crippen LogP contribution in [-0.4, -0.2) is 4.98 Å². The van der Waals surface area contributed by atoms with Crippen molar-refractivity contribution in [1.29, 1.82) is 0 Å². The topological polar surface area (TPSA) is 38.1 Å². The number of pyridine rings is 1. The Balaban J connectivity index is 1.86. The van der Waals surface area contributed by atoms with Crippen molar-refractivity contribution in [1.82, 2.24) is 10.3 Å². The molecule has 0 saturated heterocycles. The minimum absolute atomic E-state index is 0.553. The van der Waals surface area contributed by atoms with Gasteiger partial charge in [-0.15, -0.1) is 0 Å². The van der Waals surface area contributed by atoms with Gasteiger partial charge in [0.1, 0.15) is 5.15 Å². The first kappa shape index (κ1) is 10.2. The van der Waals surface area contributed by atoms with Crippen LogP contribution in [0.25, 0.3) is 0 Å². The Kier molecular flexibility index (Phi) is 3.37. The molecule has 2 heterocycles. The number of aromatic nitrogens is 1. The third kappa shape index (κ3) is 2.81. The van der Waals surface area contributed by atoms with Crippen LogP contribution in [0.5, 0.6) is 0 Å². The highest BCUT2D eigenvalue weighted by Gasteiger charge is 1.99. The van der Waals surface area contributed by atoms with Crippen molar-refractivity contribution >= 4 is 11.6 Å². The van der Waals surface area contributed by atoms with Crippen molar-refractivity contribution in [3.05, 3.63) is 53.2 Å². The number of hydrogen-bond acceptors (Lipinski definition) is 3. The van der Waals surface area contributed by atoms with Gasteiger partial charge in [-0.05, 0) is 12.1 Å². The predicted octanol–water partition coefficient (Wildman–Crippen LogP) is 2.62. The molecule has 0 radical (unpaired) electrons. The second-order valence-electron chi connectivity index (χ2n) is 3.19. The first-order valence-electron chi connectivity index (χ1n) is 4.67. The van der Waals surface area contributed by atoms with Crippen molar-refractivity contribution in [2.45, 2.75) is 13.1 Å². The summed E-state index contributed by atoms with van der Waals surface area (Å²) in [4.78, 5) is 4.00. The summed E-state index contributed by atoms with van der Waals surface area (Å²) in [7, 11) is 0. The van der Waals surface area contributed by atoms with E-state index < -0.39 is 0 Å². The van der Waals surface area contributed by atoms with E-state index >= 15 is 0 Å².